The predicted molar refractivity (Wildman–Crippen MR) is 134 cm³/mol. The molecule has 180 valence electrons. The molecule has 2 heterocycles. The fourth-order valence-corrected chi connectivity index (χ4v) is 4.73. The molecule has 34 heavy (non-hydrogen) atoms. The van der Waals surface area contributed by atoms with Crippen LogP contribution >= 0.6 is 0 Å². The molecule has 2 aliphatic rings. The van der Waals surface area contributed by atoms with E-state index in [1.54, 1.807) is 6.92 Å². The van der Waals surface area contributed by atoms with Crippen LogP contribution in [0.3, 0.4) is 0 Å². The third-order valence-electron chi connectivity index (χ3n) is 6.51. The van der Waals surface area contributed by atoms with E-state index in [9.17, 15) is 9.59 Å². The minimum Gasteiger partial charge on any atom is -0.463 e. The van der Waals surface area contributed by atoms with Gasteiger partial charge in [-0.25, -0.2) is 9.59 Å². The normalized spacial score (nSPS) is 19.0. The number of aryl methyl sites for hydroxylation is 3. The van der Waals surface area contributed by atoms with Crippen molar-refractivity contribution < 1.29 is 14.3 Å². The first-order chi connectivity index (χ1) is 16.4. The molecule has 2 aromatic rings. The average molecular weight is 463 g/mol. The number of urea groups is 1. The van der Waals surface area contributed by atoms with E-state index in [0.717, 1.165) is 37.3 Å². The Morgan fingerprint density at radius 1 is 1.00 bits per heavy atom. The van der Waals surface area contributed by atoms with Gasteiger partial charge in [-0.3, -0.25) is 4.90 Å². The lowest BCUT2D eigenvalue weighted by atomic mass is 9.94. The van der Waals surface area contributed by atoms with Gasteiger partial charge in [0, 0.05) is 44.1 Å². The lowest BCUT2D eigenvalue weighted by Gasteiger charge is -2.38. The van der Waals surface area contributed by atoms with Gasteiger partial charge in [0.15, 0.2) is 0 Å². The van der Waals surface area contributed by atoms with Gasteiger partial charge < -0.3 is 20.3 Å². The number of carbonyl (C=O) groups is 2. The van der Waals surface area contributed by atoms with Crippen molar-refractivity contribution in [1.29, 1.82) is 0 Å². The van der Waals surface area contributed by atoms with Crippen LogP contribution in [-0.2, 0) is 9.53 Å². The van der Waals surface area contributed by atoms with Crippen LogP contribution in [-0.4, -0.2) is 56.2 Å². The Hall–Kier alpha value is -3.32. The number of benzene rings is 2. The molecule has 7 nitrogen and oxygen atoms in total. The summed E-state index contributed by atoms with van der Waals surface area (Å²) in [5.74, 6) is -0.399. The zero-order valence-corrected chi connectivity index (χ0v) is 20.5. The van der Waals surface area contributed by atoms with Crippen LogP contribution in [0.5, 0.6) is 0 Å². The smallest absolute Gasteiger partial charge is 0.338 e. The summed E-state index contributed by atoms with van der Waals surface area (Å²) in [6.07, 6.45) is 0. The molecule has 2 aliphatic heterocycles. The molecule has 2 N–H and O–H groups in total. The Morgan fingerprint density at radius 3 is 2.32 bits per heavy atom. The highest BCUT2D eigenvalue weighted by Gasteiger charge is 2.34. The van der Waals surface area contributed by atoms with Gasteiger partial charge in [-0.15, -0.1) is 0 Å². The molecular formula is C27H34N4O3. The van der Waals surface area contributed by atoms with Gasteiger partial charge in [0.05, 0.1) is 18.2 Å². The Morgan fingerprint density at radius 2 is 1.68 bits per heavy atom. The zero-order chi connectivity index (χ0) is 24.2. The van der Waals surface area contributed by atoms with Crippen molar-refractivity contribution in [3.05, 3.63) is 76.0 Å². The van der Waals surface area contributed by atoms with E-state index in [1.165, 1.54) is 16.8 Å². The van der Waals surface area contributed by atoms with Gasteiger partial charge >= 0.3 is 12.0 Å². The first-order valence-electron chi connectivity index (χ1n) is 11.9. The number of hydrogen-bond donors (Lipinski definition) is 2. The highest BCUT2D eigenvalue weighted by Crippen LogP contribution is 2.29. The number of ether oxygens (including phenoxy) is 1. The number of nitrogens with one attached hydrogen (secondary N) is 2. The Balaban J connectivity index is 1.55. The maximum absolute atomic E-state index is 13.0. The quantitative estimate of drug-likeness (QED) is 0.642. The lowest BCUT2D eigenvalue weighted by molar-refractivity contribution is -0.139. The van der Waals surface area contributed by atoms with Crippen molar-refractivity contribution in [3.8, 4) is 0 Å². The summed E-state index contributed by atoms with van der Waals surface area (Å²) >= 11 is 0. The lowest BCUT2D eigenvalue weighted by Crippen LogP contribution is -2.52. The van der Waals surface area contributed by atoms with Crippen LogP contribution in [0.2, 0.25) is 0 Å². The van der Waals surface area contributed by atoms with Crippen LogP contribution in [0, 0.1) is 20.8 Å². The fourth-order valence-electron chi connectivity index (χ4n) is 4.73. The minimum atomic E-state index is -0.542. The summed E-state index contributed by atoms with van der Waals surface area (Å²) in [6, 6.07) is 13.6. The molecule has 2 aromatic carbocycles. The molecule has 0 saturated carbocycles. The molecule has 0 bridgehead atoms. The SMILES string of the molecule is CCOC(=O)C1=C(CN2CCN(c3ccc(C)cc3C)CC2)NC(=O)N[C@H]1c1ccc(C)cc1. The fraction of sp³-hybridized carbons (Fsp3) is 0.407. The van der Waals surface area contributed by atoms with Crippen LogP contribution in [0.15, 0.2) is 53.7 Å². The van der Waals surface area contributed by atoms with Crippen LogP contribution in [0.1, 0.15) is 35.2 Å². The standard InChI is InChI=1S/C27H34N4O3/c1-5-34-26(32)24-22(28-27(33)29-25(24)21-9-6-18(2)7-10-21)17-30-12-14-31(15-13-30)23-11-8-19(3)16-20(23)4/h6-11,16,25H,5,12-15,17H2,1-4H3,(H2,28,29,33)/t25-/m0/s1. The van der Waals surface area contributed by atoms with Gasteiger partial charge in [0.2, 0.25) is 0 Å². The van der Waals surface area contributed by atoms with Gasteiger partial charge in [0.1, 0.15) is 0 Å². The number of amides is 2. The third-order valence-corrected chi connectivity index (χ3v) is 6.51. The second-order valence-electron chi connectivity index (χ2n) is 9.11. The summed E-state index contributed by atoms with van der Waals surface area (Å²) in [5, 5.41) is 5.81. The van der Waals surface area contributed by atoms with Gasteiger partial charge in [-0.05, 0) is 44.9 Å². The molecule has 1 fully saturated rings. The molecule has 0 spiro atoms. The maximum atomic E-state index is 13.0. The van der Waals surface area contributed by atoms with Crippen LogP contribution < -0.4 is 15.5 Å². The molecule has 0 aliphatic carbocycles. The van der Waals surface area contributed by atoms with E-state index < -0.39 is 12.0 Å². The molecular weight excluding hydrogens is 428 g/mol. The van der Waals surface area contributed by atoms with Gasteiger partial charge in [-0.2, -0.15) is 0 Å². The zero-order valence-electron chi connectivity index (χ0n) is 20.5. The minimum absolute atomic E-state index is 0.277. The number of hydrogen-bond acceptors (Lipinski definition) is 5. The summed E-state index contributed by atoms with van der Waals surface area (Å²) in [6.45, 7) is 12.3. The van der Waals surface area contributed by atoms with Crippen molar-refractivity contribution in [3.63, 3.8) is 0 Å². The van der Waals surface area contributed by atoms with Crippen molar-refractivity contribution in [2.45, 2.75) is 33.7 Å². The third kappa shape index (κ3) is 5.25. The average Bonchev–Trinajstić information content (AvgIpc) is 2.80. The Kier molecular flexibility index (Phi) is 7.22. The number of rotatable bonds is 6. The molecule has 1 saturated heterocycles. The van der Waals surface area contributed by atoms with E-state index in [-0.39, 0.29) is 12.6 Å². The Bertz CT molecular complexity index is 1090. The molecule has 2 amide bonds. The molecule has 0 aromatic heterocycles. The topological polar surface area (TPSA) is 73.9 Å². The number of piperazine rings is 1. The van der Waals surface area contributed by atoms with E-state index in [1.807, 2.05) is 31.2 Å². The van der Waals surface area contributed by atoms with Crippen molar-refractivity contribution >= 4 is 17.7 Å². The highest BCUT2D eigenvalue weighted by molar-refractivity contribution is 5.95. The van der Waals surface area contributed by atoms with Crippen LogP contribution in [0.4, 0.5) is 10.5 Å². The monoisotopic (exact) mass is 462 g/mol. The van der Waals surface area contributed by atoms with E-state index >= 15 is 0 Å². The molecule has 1 atom stereocenters. The number of nitrogens with zero attached hydrogens (tertiary/aromatic N) is 2. The van der Waals surface area contributed by atoms with Crippen molar-refractivity contribution in [2.75, 3.05) is 44.2 Å². The van der Waals surface area contributed by atoms with E-state index in [2.05, 4.69) is 52.5 Å². The summed E-state index contributed by atoms with van der Waals surface area (Å²) < 4.78 is 5.39. The summed E-state index contributed by atoms with van der Waals surface area (Å²) in [7, 11) is 0. The highest BCUT2D eigenvalue weighted by atomic mass is 16.5. The van der Waals surface area contributed by atoms with Crippen molar-refractivity contribution in [2.24, 2.45) is 0 Å². The van der Waals surface area contributed by atoms with Gasteiger partial charge in [0.25, 0.3) is 0 Å². The van der Waals surface area contributed by atoms with E-state index in [0.29, 0.717) is 17.8 Å². The number of carbonyl (C=O) groups excluding carboxylic acids is 2. The second kappa shape index (κ2) is 10.3. The molecule has 7 heteroatoms. The summed E-state index contributed by atoms with van der Waals surface area (Å²) in [5.41, 5.74) is 6.89. The van der Waals surface area contributed by atoms with Gasteiger partial charge in [-0.1, -0.05) is 47.5 Å². The first-order valence-corrected chi connectivity index (χ1v) is 11.9. The molecule has 0 unspecified atom stereocenters. The number of anilines is 1. The first kappa shape index (κ1) is 23.8. The second-order valence-corrected chi connectivity index (χ2v) is 9.11. The van der Waals surface area contributed by atoms with E-state index in [4.69, 9.17) is 4.74 Å². The predicted octanol–water partition coefficient (Wildman–Crippen LogP) is 3.61. The summed E-state index contributed by atoms with van der Waals surface area (Å²) in [4.78, 5) is 30.3. The van der Waals surface area contributed by atoms with Crippen LogP contribution in [0.25, 0.3) is 0 Å². The van der Waals surface area contributed by atoms with Crippen molar-refractivity contribution in [1.82, 2.24) is 15.5 Å². The maximum Gasteiger partial charge on any atom is 0.338 e. The number of esters is 1. The Labute approximate surface area is 201 Å². The molecule has 0 radical (unpaired) electrons. The largest absolute Gasteiger partial charge is 0.463 e. The molecule has 4 rings (SSSR count).